The van der Waals surface area contributed by atoms with Gasteiger partial charge in [-0.25, -0.2) is 4.98 Å². The number of hydrogen-bond donors (Lipinski definition) is 0. The average Bonchev–Trinajstić information content (AvgIpc) is 3.17. The van der Waals surface area contributed by atoms with E-state index in [9.17, 15) is 0 Å². The zero-order valence-corrected chi connectivity index (χ0v) is 14.4. The minimum Gasteiger partial charge on any atom is -0.461 e. The van der Waals surface area contributed by atoms with Crippen LogP contribution in [0.5, 0.6) is 0 Å². The highest BCUT2D eigenvalue weighted by molar-refractivity contribution is 7.98. The van der Waals surface area contributed by atoms with Crippen LogP contribution in [0.3, 0.4) is 0 Å². The molecule has 0 aliphatic carbocycles. The zero-order valence-electron chi connectivity index (χ0n) is 12.8. The van der Waals surface area contributed by atoms with E-state index >= 15 is 0 Å². The molecule has 3 rings (SSSR count). The quantitative estimate of drug-likeness (QED) is 0.631. The molecule has 0 amide bonds. The molecule has 0 atom stereocenters. The van der Waals surface area contributed by atoms with Crippen LogP contribution in [0.4, 0.5) is 0 Å². The fourth-order valence-corrected chi connectivity index (χ4v) is 3.68. The number of aryl methyl sites for hydroxylation is 1. The fraction of sp³-hybridized carbons (Fsp3) is 0.400. The summed E-state index contributed by atoms with van der Waals surface area (Å²) in [7, 11) is 0. The minimum absolute atomic E-state index is 0.505. The van der Waals surface area contributed by atoms with Gasteiger partial charge in [0.05, 0.1) is 17.0 Å². The van der Waals surface area contributed by atoms with Crippen LogP contribution in [-0.4, -0.2) is 19.7 Å². The Labute approximate surface area is 137 Å². The normalized spacial score (nSPS) is 11.5. The summed E-state index contributed by atoms with van der Waals surface area (Å²) in [5.41, 5.74) is 1.09. The molecule has 0 aliphatic heterocycles. The molecular weight excluding hydrogens is 316 g/mol. The van der Waals surface area contributed by atoms with Crippen LogP contribution >= 0.6 is 23.1 Å². The molecule has 0 saturated carbocycles. The molecule has 0 unspecified atom stereocenters. The maximum absolute atomic E-state index is 5.48. The first-order valence-corrected chi connectivity index (χ1v) is 9.01. The molecule has 0 saturated heterocycles. The van der Waals surface area contributed by atoms with Crippen LogP contribution in [0, 0.1) is 12.8 Å². The molecule has 7 heteroatoms. The summed E-state index contributed by atoms with van der Waals surface area (Å²) in [5.74, 6) is 2.85. The molecular formula is C15H18N4OS2. The van der Waals surface area contributed by atoms with Gasteiger partial charge in [0.2, 0.25) is 0 Å². The van der Waals surface area contributed by atoms with Crippen molar-refractivity contribution in [2.75, 3.05) is 0 Å². The molecule has 0 spiro atoms. The van der Waals surface area contributed by atoms with Gasteiger partial charge < -0.3 is 4.42 Å². The van der Waals surface area contributed by atoms with Crippen LogP contribution in [0.15, 0.2) is 33.3 Å². The van der Waals surface area contributed by atoms with Crippen molar-refractivity contribution in [1.29, 1.82) is 0 Å². The summed E-state index contributed by atoms with van der Waals surface area (Å²) in [6.45, 7) is 7.25. The highest BCUT2D eigenvalue weighted by Gasteiger charge is 2.17. The molecule has 5 nitrogen and oxygen atoms in total. The fourth-order valence-electron chi connectivity index (χ4n) is 2.13. The van der Waals surface area contributed by atoms with Crippen LogP contribution < -0.4 is 0 Å². The number of thioether (sulfide) groups is 1. The number of thiazole rings is 1. The van der Waals surface area contributed by atoms with Crippen molar-refractivity contribution >= 4 is 23.1 Å². The standard InChI is InChI=1S/C15H18N4OS2/c1-10(2)7-19-14(13-5-4-6-20-13)17-18-15(19)22-9-12-8-21-11(3)16-12/h4-6,8,10H,7,9H2,1-3H3. The van der Waals surface area contributed by atoms with Gasteiger partial charge in [0.15, 0.2) is 16.7 Å². The van der Waals surface area contributed by atoms with Crippen molar-refractivity contribution in [3.63, 3.8) is 0 Å². The van der Waals surface area contributed by atoms with E-state index in [1.165, 1.54) is 0 Å². The third-order valence-electron chi connectivity index (χ3n) is 3.02. The first-order valence-electron chi connectivity index (χ1n) is 7.14. The number of furan rings is 1. The van der Waals surface area contributed by atoms with Gasteiger partial charge in [-0.2, -0.15) is 0 Å². The van der Waals surface area contributed by atoms with Gasteiger partial charge in [-0.3, -0.25) is 4.57 Å². The maximum atomic E-state index is 5.48. The van der Waals surface area contributed by atoms with Crippen LogP contribution in [0.1, 0.15) is 24.5 Å². The largest absolute Gasteiger partial charge is 0.461 e. The lowest BCUT2D eigenvalue weighted by atomic mass is 10.2. The highest BCUT2D eigenvalue weighted by atomic mass is 32.2. The molecule has 0 radical (unpaired) electrons. The summed E-state index contributed by atoms with van der Waals surface area (Å²) in [6, 6.07) is 3.79. The first-order chi connectivity index (χ1) is 10.6. The van der Waals surface area contributed by atoms with Gasteiger partial charge in [0.1, 0.15) is 0 Å². The lowest BCUT2D eigenvalue weighted by molar-refractivity contribution is 0.489. The van der Waals surface area contributed by atoms with E-state index in [2.05, 4.69) is 39.0 Å². The van der Waals surface area contributed by atoms with Crippen LogP contribution in [-0.2, 0) is 12.3 Å². The Morgan fingerprint density at radius 2 is 2.23 bits per heavy atom. The van der Waals surface area contributed by atoms with E-state index in [1.54, 1.807) is 29.4 Å². The zero-order chi connectivity index (χ0) is 15.5. The van der Waals surface area contributed by atoms with Crippen molar-refractivity contribution in [2.45, 2.75) is 38.2 Å². The minimum atomic E-state index is 0.505. The summed E-state index contributed by atoms with van der Waals surface area (Å²) >= 11 is 3.34. The Morgan fingerprint density at radius 3 is 2.86 bits per heavy atom. The molecule has 3 aromatic rings. The van der Waals surface area contributed by atoms with Crippen molar-refractivity contribution in [2.24, 2.45) is 5.92 Å². The van der Waals surface area contributed by atoms with Crippen molar-refractivity contribution < 1.29 is 4.42 Å². The molecule has 3 heterocycles. The Kier molecular flexibility index (Phi) is 4.63. The molecule has 116 valence electrons. The van der Waals surface area contributed by atoms with Gasteiger partial charge in [-0.15, -0.1) is 21.5 Å². The van der Waals surface area contributed by atoms with Gasteiger partial charge in [0, 0.05) is 17.7 Å². The Morgan fingerprint density at radius 1 is 1.36 bits per heavy atom. The van der Waals surface area contributed by atoms with Gasteiger partial charge in [0.25, 0.3) is 0 Å². The smallest absolute Gasteiger partial charge is 0.200 e. The third kappa shape index (κ3) is 3.41. The predicted molar refractivity (Wildman–Crippen MR) is 89.0 cm³/mol. The van der Waals surface area contributed by atoms with Crippen molar-refractivity contribution in [3.8, 4) is 11.6 Å². The van der Waals surface area contributed by atoms with Crippen molar-refractivity contribution in [3.05, 3.63) is 34.5 Å². The van der Waals surface area contributed by atoms with E-state index in [4.69, 9.17) is 4.42 Å². The van der Waals surface area contributed by atoms with Gasteiger partial charge in [-0.1, -0.05) is 25.6 Å². The molecule has 0 fully saturated rings. The summed E-state index contributed by atoms with van der Waals surface area (Å²) < 4.78 is 7.61. The number of aromatic nitrogens is 4. The van der Waals surface area contributed by atoms with E-state index < -0.39 is 0 Å². The van der Waals surface area contributed by atoms with Crippen LogP contribution in [0.2, 0.25) is 0 Å². The second-order valence-electron chi connectivity index (χ2n) is 5.43. The van der Waals surface area contributed by atoms with E-state index in [-0.39, 0.29) is 0 Å². The summed E-state index contributed by atoms with van der Waals surface area (Å²) in [6.07, 6.45) is 1.66. The lowest BCUT2D eigenvalue weighted by Crippen LogP contribution is -2.07. The highest BCUT2D eigenvalue weighted by Crippen LogP contribution is 2.27. The number of hydrogen-bond acceptors (Lipinski definition) is 6. The Hall–Kier alpha value is -1.60. The van der Waals surface area contributed by atoms with Crippen molar-refractivity contribution in [1.82, 2.24) is 19.7 Å². The third-order valence-corrected chi connectivity index (χ3v) is 4.84. The molecule has 3 aromatic heterocycles. The Balaban J connectivity index is 1.83. The SMILES string of the molecule is Cc1nc(CSc2nnc(-c3ccco3)n2CC(C)C)cs1. The topological polar surface area (TPSA) is 56.7 Å². The van der Waals surface area contributed by atoms with Gasteiger partial charge in [-0.05, 0) is 25.0 Å². The summed E-state index contributed by atoms with van der Waals surface area (Å²) in [4.78, 5) is 4.49. The molecule has 0 N–H and O–H groups in total. The van der Waals surface area contributed by atoms with E-state index in [0.29, 0.717) is 5.92 Å². The maximum Gasteiger partial charge on any atom is 0.200 e. The second kappa shape index (κ2) is 6.66. The van der Waals surface area contributed by atoms with E-state index in [0.717, 1.165) is 39.7 Å². The monoisotopic (exact) mass is 334 g/mol. The van der Waals surface area contributed by atoms with Crippen LogP contribution in [0.25, 0.3) is 11.6 Å². The average molecular weight is 334 g/mol. The molecule has 0 aromatic carbocycles. The number of nitrogens with zero attached hydrogens (tertiary/aromatic N) is 4. The predicted octanol–water partition coefficient (Wildman–Crippen LogP) is 4.25. The first kappa shape index (κ1) is 15.3. The number of rotatable bonds is 6. The second-order valence-corrected chi connectivity index (χ2v) is 7.44. The molecule has 0 aliphatic rings. The van der Waals surface area contributed by atoms with Gasteiger partial charge >= 0.3 is 0 Å². The summed E-state index contributed by atoms with van der Waals surface area (Å²) in [5, 5.41) is 12.7. The Bertz CT molecular complexity index is 731. The molecule has 0 bridgehead atoms. The lowest BCUT2D eigenvalue weighted by Gasteiger charge is -2.11. The molecule has 22 heavy (non-hydrogen) atoms. The van der Waals surface area contributed by atoms with E-state index in [1.807, 2.05) is 19.1 Å².